The van der Waals surface area contributed by atoms with Gasteiger partial charge < -0.3 is 28.4 Å². The van der Waals surface area contributed by atoms with Crippen LogP contribution in [-0.2, 0) is 53.0 Å². The molecular formula is C31H30O7S. The monoisotopic (exact) mass is 546 g/mol. The van der Waals surface area contributed by atoms with Crippen molar-refractivity contribution in [2.24, 2.45) is 0 Å². The molecule has 3 heterocycles. The van der Waals surface area contributed by atoms with E-state index in [1.165, 1.54) is 11.8 Å². The van der Waals surface area contributed by atoms with Gasteiger partial charge in [-0.15, -0.1) is 11.8 Å². The molecule has 0 N–H and O–H groups in total. The van der Waals surface area contributed by atoms with Crippen LogP contribution in [0.3, 0.4) is 0 Å². The summed E-state index contributed by atoms with van der Waals surface area (Å²) in [4.78, 5) is 12.9. The molecule has 8 heteroatoms. The zero-order chi connectivity index (χ0) is 26.4. The van der Waals surface area contributed by atoms with Crippen LogP contribution in [0.15, 0.2) is 102 Å². The molecule has 0 radical (unpaired) electrons. The second-order valence-electron chi connectivity index (χ2n) is 9.59. The summed E-state index contributed by atoms with van der Waals surface area (Å²) in [5, 5.41) is -0.329. The number of hydrogen-bond donors (Lipinski definition) is 0. The average Bonchev–Trinajstić information content (AvgIpc) is 3.35. The Bertz CT molecular complexity index is 1270. The lowest BCUT2D eigenvalue weighted by atomic mass is 10.00. The Morgan fingerprint density at radius 3 is 1.92 bits per heavy atom. The summed E-state index contributed by atoms with van der Waals surface area (Å²) in [5.74, 6) is 0.144. The number of ether oxygens (including phenoxy) is 6. The fourth-order valence-electron chi connectivity index (χ4n) is 4.88. The summed E-state index contributed by atoms with van der Waals surface area (Å²) < 4.78 is 37.1. The molecule has 0 bridgehead atoms. The smallest absolute Gasteiger partial charge is 0.348 e. The Balaban J connectivity index is 1.26. The molecule has 3 aromatic rings. The molecule has 3 aromatic carbocycles. The Labute approximate surface area is 232 Å². The van der Waals surface area contributed by atoms with Crippen LogP contribution < -0.4 is 0 Å². The third-order valence-electron chi connectivity index (χ3n) is 6.84. The minimum atomic E-state index is -0.633. The van der Waals surface area contributed by atoms with Gasteiger partial charge in [0.05, 0.1) is 26.4 Å². The third kappa shape index (κ3) is 6.21. The van der Waals surface area contributed by atoms with E-state index >= 15 is 0 Å². The van der Waals surface area contributed by atoms with Crippen LogP contribution in [0.1, 0.15) is 16.7 Å². The van der Waals surface area contributed by atoms with Gasteiger partial charge >= 0.3 is 5.97 Å². The van der Waals surface area contributed by atoms with Crippen molar-refractivity contribution in [1.82, 2.24) is 0 Å². The molecule has 7 nitrogen and oxygen atoms in total. The standard InChI is InChI=1S/C31H30O7S/c32-30-28-25(20-36-30)38-31-29(39-28)27(35-18-23-14-8-3-9-15-23)26(34-17-22-12-6-2-7-13-22)24(37-31)19-33-16-21-10-4-1-5-11-21/h1-15,24,26-27,29,31H,16-20H2/t24-,26-,27+,29-,31-/m1/s1. The van der Waals surface area contributed by atoms with E-state index in [1.807, 2.05) is 91.0 Å². The summed E-state index contributed by atoms with van der Waals surface area (Å²) in [5.41, 5.74) is 3.16. The number of benzene rings is 3. The van der Waals surface area contributed by atoms with E-state index in [0.717, 1.165) is 16.7 Å². The van der Waals surface area contributed by atoms with Gasteiger partial charge in [-0.05, 0) is 16.7 Å². The van der Waals surface area contributed by atoms with E-state index in [2.05, 4.69) is 0 Å². The molecule has 5 atom stereocenters. The van der Waals surface area contributed by atoms with Gasteiger partial charge in [0.1, 0.15) is 28.5 Å². The summed E-state index contributed by atoms with van der Waals surface area (Å²) >= 11 is 1.39. The molecule has 0 spiro atoms. The van der Waals surface area contributed by atoms with Crippen molar-refractivity contribution in [3.8, 4) is 0 Å². The number of hydrogen-bond acceptors (Lipinski definition) is 8. The van der Waals surface area contributed by atoms with E-state index < -0.39 is 24.6 Å². The summed E-state index contributed by atoms with van der Waals surface area (Å²) in [6.07, 6.45) is -2.00. The van der Waals surface area contributed by atoms with E-state index in [4.69, 9.17) is 28.4 Å². The lowest BCUT2D eigenvalue weighted by molar-refractivity contribution is -0.267. The van der Waals surface area contributed by atoms with Crippen molar-refractivity contribution in [2.45, 2.75) is 49.7 Å². The van der Waals surface area contributed by atoms with E-state index in [0.29, 0.717) is 30.5 Å². The van der Waals surface area contributed by atoms with Crippen molar-refractivity contribution < 1.29 is 33.2 Å². The van der Waals surface area contributed by atoms with Crippen molar-refractivity contribution in [1.29, 1.82) is 0 Å². The fraction of sp³-hybridized carbons (Fsp3) is 0.323. The lowest BCUT2D eigenvalue weighted by Gasteiger charge is -2.47. The number of carbonyl (C=O) groups is 1. The first-order valence-corrected chi connectivity index (χ1v) is 13.9. The van der Waals surface area contributed by atoms with Gasteiger partial charge in [-0.1, -0.05) is 91.0 Å². The molecule has 0 saturated carbocycles. The second-order valence-corrected chi connectivity index (χ2v) is 10.8. The lowest BCUT2D eigenvalue weighted by Crippen LogP contribution is -2.60. The Hall–Kier alpha value is -3.14. The maximum Gasteiger partial charge on any atom is 0.348 e. The Morgan fingerprint density at radius 2 is 1.31 bits per heavy atom. The van der Waals surface area contributed by atoms with Gasteiger partial charge in [0.2, 0.25) is 6.29 Å². The van der Waals surface area contributed by atoms with Gasteiger partial charge in [0.15, 0.2) is 12.4 Å². The van der Waals surface area contributed by atoms with Crippen molar-refractivity contribution in [3.05, 3.63) is 118 Å². The molecular weight excluding hydrogens is 516 g/mol. The summed E-state index contributed by atoms with van der Waals surface area (Å²) in [6, 6.07) is 30.0. The van der Waals surface area contributed by atoms with Gasteiger partial charge in [-0.3, -0.25) is 0 Å². The van der Waals surface area contributed by atoms with Crippen molar-refractivity contribution in [2.75, 3.05) is 13.2 Å². The predicted molar refractivity (Wildman–Crippen MR) is 145 cm³/mol. The molecule has 39 heavy (non-hydrogen) atoms. The molecule has 0 unspecified atom stereocenters. The van der Waals surface area contributed by atoms with Crippen LogP contribution in [0.5, 0.6) is 0 Å². The zero-order valence-corrected chi connectivity index (χ0v) is 22.2. The minimum Gasteiger partial charge on any atom is -0.463 e. The number of cyclic esters (lactones) is 1. The summed E-state index contributed by atoms with van der Waals surface area (Å²) in [7, 11) is 0. The first-order chi connectivity index (χ1) is 19.2. The Morgan fingerprint density at radius 1 is 0.744 bits per heavy atom. The normalized spacial score (nSPS) is 25.9. The second kappa shape index (κ2) is 12.4. The molecule has 0 aromatic heterocycles. The van der Waals surface area contributed by atoms with Crippen molar-refractivity contribution in [3.63, 3.8) is 0 Å². The average molecular weight is 547 g/mol. The predicted octanol–water partition coefficient (Wildman–Crippen LogP) is 5.00. The number of fused-ring (bicyclic) bond motifs is 1. The first-order valence-electron chi connectivity index (χ1n) is 13.1. The van der Waals surface area contributed by atoms with Crippen LogP contribution in [0.2, 0.25) is 0 Å². The van der Waals surface area contributed by atoms with Gasteiger partial charge in [-0.2, -0.15) is 0 Å². The van der Waals surface area contributed by atoms with Crippen LogP contribution >= 0.6 is 11.8 Å². The Kier molecular flexibility index (Phi) is 8.27. The first kappa shape index (κ1) is 26.1. The molecule has 3 aliphatic heterocycles. The van der Waals surface area contributed by atoms with Crippen molar-refractivity contribution >= 4 is 17.7 Å². The maximum absolute atomic E-state index is 12.4. The van der Waals surface area contributed by atoms with Gasteiger partial charge in [-0.25, -0.2) is 4.79 Å². The maximum atomic E-state index is 12.4. The highest BCUT2D eigenvalue weighted by Gasteiger charge is 2.53. The summed E-state index contributed by atoms with van der Waals surface area (Å²) in [6.45, 7) is 1.62. The van der Waals surface area contributed by atoms with Crippen LogP contribution in [0.4, 0.5) is 0 Å². The van der Waals surface area contributed by atoms with Crippen LogP contribution in [0.25, 0.3) is 0 Å². The topological polar surface area (TPSA) is 72.5 Å². The molecule has 3 aliphatic rings. The number of thioether (sulfide) groups is 1. The van der Waals surface area contributed by atoms with E-state index in [-0.39, 0.29) is 24.4 Å². The molecule has 6 rings (SSSR count). The number of esters is 1. The van der Waals surface area contributed by atoms with Crippen LogP contribution in [-0.4, -0.2) is 49.0 Å². The molecule has 1 saturated heterocycles. The fourth-order valence-corrected chi connectivity index (χ4v) is 6.14. The zero-order valence-electron chi connectivity index (χ0n) is 21.3. The quantitative estimate of drug-likeness (QED) is 0.329. The molecule has 1 fully saturated rings. The largest absolute Gasteiger partial charge is 0.463 e. The highest BCUT2D eigenvalue weighted by Crippen LogP contribution is 2.45. The molecule has 0 aliphatic carbocycles. The molecule has 202 valence electrons. The third-order valence-corrected chi connectivity index (χ3v) is 8.23. The number of carbonyl (C=O) groups excluding carboxylic acids is 1. The highest BCUT2D eigenvalue weighted by atomic mass is 32.2. The van der Waals surface area contributed by atoms with E-state index in [9.17, 15) is 4.79 Å². The van der Waals surface area contributed by atoms with Gasteiger partial charge in [0, 0.05) is 0 Å². The number of rotatable bonds is 10. The molecule has 0 amide bonds. The van der Waals surface area contributed by atoms with Gasteiger partial charge in [0.25, 0.3) is 0 Å². The highest BCUT2D eigenvalue weighted by molar-refractivity contribution is 8.04. The SMILES string of the molecule is O=C1OCC2=C1S[C@H]1[C@@H](O2)O[C@H](COCc2ccccc2)[C@@H](OCc2ccccc2)[C@@H]1OCc1ccccc1. The minimum absolute atomic E-state index is 0.117. The van der Waals surface area contributed by atoms with Crippen LogP contribution in [0, 0.1) is 0 Å². The van der Waals surface area contributed by atoms with E-state index in [1.54, 1.807) is 0 Å².